The summed E-state index contributed by atoms with van der Waals surface area (Å²) in [6.45, 7) is 0. The van der Waals surface area contributed by atoms with Crippen molar-refractivity contribution in [2.24, 2.45) is 0 Å². The highest BCUT2D eigenvalue weighted by Crippen LogP contribution is 2.14. The summed E-state index contributed by atoms with van der Waals surface area (Å²) in [6.07, 6.45) is 2.72. The van der Waals surface area contributed by atoms with Crippen molar-refractivity contribution in [3.8, 4) is 5.82 Å². The number of nitrogens with two attached hydrogens (primary N) is 1. The van der Waals surface area contributed by atoms with Crippen molar-refractivity contribution in [1.82, 2.24) is 29.4 Å². The lowest BCUT2D eigenvalue weighted by Crippen LogP contribution is -2.10. The Labute approximate surface area is 110 Å². The van der Waals surface area contributed by atoms with Crippen LogP contribution in [0, 0.1) is 0 Å². The number of esters is 1. The van der Waals surface area contributed by atoms with Gasteiger partial charge in [-0.1, -0.05) is 0 Å². The third kappa shape index (κ3) is 1.70. The molecule has 0 aliphatic rings. The van der Waals surface area contributed by atoms with Crippen molar-refractivity contribution in [2.45, 2.75) is 0 Å². The summed E-state index contributed by atoms with van der Waals surface area (Å²) in [4.78, 5) is 26.8. The standard InChI is InChI=1S/C10H9N7O3/c1-20-9(18)8-5(11)3-17(15-8)6-2-7-13-14-10(19)16(7)4-12-6/h2-4H,11H2,1H3,(H,14,19). The molecule has 0 aromatic carbocycles. The molecule has 0 fully saturated rings. The van der Waals surface area contributed by atoms with E-state index >= 15 is 0 Å². The van der Waals surface area contributed by atoms with E-state index in [9.17, 15) is 9.59 Å². The molecule has 3 aromatic rings. The van der Waals surface area contributed by atoms with Crippen LogP contribution in [-0.2, 0) is 4.74 Å². The zero-order valence-corrected chi connectivity index (χ0v) is 10.3. The van der Waals surface area contributed by atoms with E-state index in [-0.39, 0.29) is 11.4 Å². The Kier molecular flexibility index (Phi) is 2.49. The summed E-state index contributed by atoms with van der Waals surface area (Å²) in [5, 5.41) is 10.1. The molecule has 20 heavy (non-hydrogen) atoms. The van der Waals surface area contributed by atoms with Gasteiger partial charge in [0.2, 0.25) is 0 Å². The largest absolute Gasteiger partial charge is 0.464 e. The van der Waals surface area contributed by atoms with Crippen molar-refractivity contribution in [3.63, 3.8) is 0 Å². The summed E-state index contributed by atoms with van der Waals surface area (Å²) >= 11 is 0. The quantitative estimate of drug-likeness (QED) is 0.571. The average Bonchev–Trinajstić information content (AvgIpc) is 3.02. The van der Waals surface area contributed by atoms with E-state index in [2.05, 4.69) is 25.0 Å². The molecule has 3 aromatic heterocycles. The highest BCUT2D eigenvalue weighted by Gasteiger charge is 2.16. The minimum absolute atomic E-state index is 0.00593. The third-order valence-corrected chi connectivity index (χ3v) is 2.65. The fraction of sp³-hybridized carbons (Fsp3) is 0.100. The van der Waals surface area contributed by atoms with Crippen molar-refractivity contribution < 1.29 is 9.53 Å². The number of carbonyl (C=O) groups excluding carboxylic acids is 1. The number of nitrogens with one attached hydrogen (secondary N) is 1. The van der Waals surface area contributed by atoms with Gasteiger partial charge in [-0.3, -0.25) is 0 Å². The Bertz CT molecular complexity index is 859. The van der Waals surface area contributed by atoms with E-state index in [0.29, 0.717) is 11.5 Å². The van der Waals surface area contributed by atoms with Crippen LogP contribution in [0.25, 0.3) is 11.5 Å². The predicted molar refractivity (Wildman–Crippen MR) is 66.5 cm³/mol. The molecule has 10 heteroatoms. The van der Waals surface area contributed by atoms with Gasteiger partial charge in [0.15, 0.2) is 17.2 Å². The highest BCUT2D eigenvalue weighted by atomic mass is 16.5. The summed E-state index contributed by atoms with van der Waals surface area (Å²) in [7, 11) is 1.24. The predicted octanol–water partition coefficient (Wildman–Crippen LogP) is -1.03. The van der Waals surface area contributed by atoms with E-state index in [4.69, 9.17) is 5.73 Å². The van der Waals surface area contributed by atoms with Gasteiger partial charge in [-0.15, -0.1) is 0 Å². The van der Waals surface area contributed by atoms with Gasteiger partial charge in [-0.25, -0.2) is 28.8 Å². The number of aromatic nitrogens is 6. The van der Waals surface area contributed by atoms with Gasteiger partial charge in [0.1, 0.15) is 6.33 Å². The molecule has 3 rings (SSSR count). The van der Waals surface area contributed by atoms with Gasteiger partial charge < -0.3 is 10.5 Å². The van der Waals surface area contributed by atoms with E-state index in [1.807, 2.05) is 0 Å². The summed E-state index contributed by atoms with van der Waals surface area (Å²) in [6, 6.07) is 1.52. The number of H-pyrrole nitrogens is 1. The maximum atomic E-state index is 11.4. The van der Waals surface area contributed by atoms with Crippen molar-refractivity contribution >= 4 is 17.3 Å². The summed E-state index contributed by atoms with van der Waals surface area (Å²) in [5.41, 5.74) is 5.82. The second kappa shape index (κ2) is 4.19. The molecule has 0 unspecified atom stereocenters. The number of hydrogen-bond donors (Lipinski definition) is 2. The molecule has 0 aliphatic heterocycles. The van der Waals surface area contributed by atoms with Gasteiger partial charge in [-0.05, 0) is 0 Å². The van der Waals surface area contributed by atoms with Crippen molar-refractivity contribution in [2.75, 3.05) is 12.8 Å². The van der Waals surface area contributed by atoms with Crippen LogP contribution in [0.2, 0.25) is 0 Å². The Balaban J connectivity index is 2.11. The number of nitrogens with zero attached hydrogens (tertiary/aromatic N) is 5. The van der Waals surface area contributed by atoms with Gasteiger partial charge in [0.25, 0.3) is 0 Å². The Hall–Kier alpha value is -3.17. The van der Waals surface area contributed by atoms with Crippen LogP contribution in [0.4, 0.5) is 5.69 Å². The summed E-state index contributed by atoms with van der Waals surface area (Å²) in [5.74, 6) is -0.281. The zero-order chi connectivity index (χ0) is 14.3. The number of methoxy groups -OCH3 is 1. The van der Waals surface area contributed by atoms with Gasteiger partial charge >= 0.3 is 11.7 Å². The number of ether oxygens (including phenoxy) is 1. The first-order chi connectivity index (χ1) is 9.60. The van der Waals surface area contributed by atoms with Crippen molar-refractivity contribution in [3.05, 3.63) is 34.8 Å². The molecule has 0 radical (unpaired) electrons. The smallest absolute Gasteiger partial charge is 0.360 e. The number of hydrogen-bond acceptors (Lipinski definition) is 7. The molecule has 0 saturated carbocycles. The molecule has 3 N–H and O–H groups in total. The first-order valence-corrected chi connectivity index (χ1v) is 5.47. The van der Waals surface area contributed by atoms with Gasteiger partial charge in [-0.2, -0.15) is 10.2 Å². The van der Waals surface area contributed by atoms with E-state index < -0.39 is 11.7 Å². The molecule has 0 spiro atoms. The molecule has 102 valence electrons. The fourth-order valence-corrected chi connectivity index (χ4v) is 1.69. The maximum Gasteiger partial charge on any atom is 0.360 e. The second-order valence-corrected chi connectivity index (χ2v) is 3.87. The van der Waals surface area contributed by atoms with Crippen LogP contribution in [0.1, 0.15) is 10.5 Å². The Morgan fingerprint density at radius 3 is 3.05 bits per heavy atom. The number of carbonyl (C=O) groups is 1. The fourth-order valence-electron chi connectivity index (χ4n) is 1.69. The monoisotopic (exact) mass is 275 g/mol. The Morgan fingerprint density at radius 1 is 1.50 bits per heavy atom. The van der Waals surface area contributed by atoms with E-state index in [1.165, 1.54) is 34.8 Å². The van der Waals surface area contributed by atoms with Crippen LogP contribution in [-0.4, -0.2) is 42.4 Å². The molecule has 10 nitrogen and oxygen atoms in total. The van der Waals surface area contributed by atoms with E-state index in [0.717, 1.165) is 0 Å². The minimum Gasteiger partial charge on any atom is -0.464 e. The molecule has 0 aliphatic carbocycles. The molecular formula is C10H9N7O3. The molecule has 0 amide bonds. The number of aromatic amines is 1. The van der Waals surface area contributed by atoms with Crippen LogP contribution < -0.4 is 11.4 Å². The van der Waals surface area contributed by atoms with Crippen LogP contribution in [0.15, 0.2) is 23.4 Å². The van der Waals surface area contributed by atoms with Crippen LogP contribution in [0.5, 0.6) is 0 Å². The lowest BCUT2D eigenvalue weighted by Gasteiger charge is -1.99. The molecule has 3 heterocycles. The highest BCUT2D eigenvalue weighted by molar-refractivity contribution is 5.92. The number of nitrogen functional groups attached to an aromatic ring is 1. The molecule has 0 bridgehead atoms. The molecule has 0 atom stereocenters. The first-order valence-electron chi connectivity index (χ1n) is 5.47. The lowest BCUT2D eigenvalue weighted by molar-refractivity contribution is 0.0594. The van der Waals surface area contributed by atoms with Gasteiger partial charge in [0, 0.05) is 6.07 Å². The van der Waals surface area contributed by atoms with E-state index in [1.54, 1.807) is 0 Å². The Morgan fingerprint density at radius 2 is 2.30 bits per heavy atom. The lowest BCUT2D eigenvalue weighted by atomic mass is 10.4. The number of anilines is 1. The van der Waals surface area contributed by atoms with Crippen molar-refractivity contribution in [1.29, 1.82) is 0 Å². The topological polar surface area (TPSA) is 133 Å². The van der Waals surface area contributed by atoms with Crippen LogP contribution in [0.3, 0.4) is 0 Å². The van der Waals surface area contributed by atoms with Crippen LogP contribution >= 0.6 is 0 Å². The number of rotatable bonds is 2. The SMILES string of the molecule is COC(=O)c1nn(-c2cc3n[nH]c(=O)n3cn2)cc1N. The summed E-state index contributed by atoms with van der Waals surface area (Å²) < 4.78 is 7.10. The third-order valence-electron chi connectivity index (χ3n) is 2.65. The maximum absolute atomic E-state index is 11.4. The average molecular weight is 275 g/mol. The zero-order valence-electron chi connectivity index (χ0n) is 10.3. The number of fused-ring (bicyclic) bond motifs is 1. The molecular weight excluding hydrogens is 266 g/mol. The normalized spacial score (nSPS) is 10.8. The molecule has 0 saturated heterocycles. The van der Waals surface area contributed by atoms with Gasteiger partial charge in [0.05, 0.1) is 19.0 Å². The first kappa shape index (κ1) is 11.9. The minimum atomic E-state index is -0.640. The second-order valence-electron chi connectivity index (χ2n) is 3.87.